The number of carbonyl (C=O) groups is 4. The Morgan fingerprint density at radius 1 is 0.641 bits per heavy atom. The van der Waals surface area contributed by atoms with Crippen LogP contribution in [0.25, 0.3) is 0 Å². The molecular weight excluding hydrogens is 500 g/mol. The Kier molecular flexibility index (Phi) is 16.9. The van der Waals surface area contributed by atoms with E-state index in [1.165, 1.54) is 44.9 Å². The minimum absolute atomic E-state index is 0.200. The number of carbonyl (C=O) groups excluding carboxylic acids is 3. The molecule has 0 saturated heterocycles. The van der Waals surface area contributed by atoms with Crippen molar-refractivity contribution < 1.29 is 29.0 Å². The number of unbranched alkanes of at least 4 members (excludes halogenated alkanes) is 6. The molecule has 2 aromatic rings. The molecule has 2 aromatic carbocycles. The Labute approximate surface area is 230 Å². The average Bonchev–Trinajstić information content (AvgIpc) is 2.93. The van der Waals surface area contributed by atoms with Crippen molar-refractivity contribution in [3.05, 3.63) is 59.7 Å². The Balaban J connectivity index is 0.000000391. The summed E-state index contributed by atoms with van der Waals surface area (Å²) in [6.45, 7) is 5.62. The largest absolute Gasteiger partial charge is 0.478 e. The average molecular weight is 543 g/mol. The molecule has 4 amide bonds. The summed E-state index contributed by atoms with van der Waals surface area (Å²) in [5.41, 5.74) is 1.88. The molecule has 10 heteroatoms. The summed E-state index contributed by atoms with van der Waals surface area (Å²) < 4.78 is 4.60. The van der Waals surface area contributed by atoms with Gasteiger partial charge in [0, 0.05) is 24.5 Å². The molecule has 0 saturated carbocycles. The van der Waals surface area contributed by atoms with Crippen LogP contribution in [-0.4, -0.2) is 49.3 Å². The van der Waals surface area contributed by atoms with Gasteiger partial charge in [0.15, 0.2) is 0 Å². The SMILES string of the molecule is CCCCCCNC(=O)Nc1ccc(C(=O)O)cc1.CCCCCCNC(=O)Nc1ccc(C(=O)OC)cc1. The maximum atomic E-state index is 11.6. The number of hydrogen-bond acceptors (Lipinski definition) is 5. The van der Waals surface area contributed by atoms with Gasteiger partial charge in [-0.3, -0.25) is 0 Å². The highest BCUT2D eigenvalue weighted by Gasteiger charge is 2.06. The van der Waals surface area contributed by atoms with E-state index < -0.39 is 11.9 Å². The summed E-state index contributed by atoms with van der Waals surface area (Å²) in [7, 11) is 1.33. The molecule has 0 aliphatic rings. The number of anilines is 2. The third kappa shape index (κ3) is 15.1. The van der Waals surface area contributed by atoms with E-state index in [1.807, 2.05) is 0 Å². The lowest BCUT2D eigenvalue weighted by atomic mass is 10.2. The van der Waals surface area contributed by atoms with Crippen LogP contribution in [0.15, 0.2) is 48.5 Å². The fourth-order valence-electron chi connectivity index (χ4n) is 3.36. The van der Waals surface area contributed by atoms with Crippen LogP contribution in [0.2, 0.25) is 0 Å². The molecule has 0 heterocycles. The minimum atomic E-state index is -0.980. The Morgan fingerprint density at radius 2 is 1.05 bits per heavy atom. The second-order valence-electron chi connectivity index (χ2n) is 8.83. The van der Waals surface area contributed by atoms with Gasteiger partial charge in [-0.15, -0.1) is 0 Å². The Hall–Kier alpha value is -4.08. The fourth-order valence-corrected chi connectivity index (χ4v) is 3.36. The van der Waals surface area contributed by atoms with Crippen LogP contribution in [0.1, 0.15) is 85.9 Å². The molecule has 0 fully saturated rings. The topological polar surface area (TPSA) is 146 Å². The van der Waals surface area contributed by atoms with Crippen molar-refractivity contribution in [1.29, 1.82) is 0 Å². The van der Waals surface area contributed by atoms with Crippen LogP contribution in [0.5, 0.6) is 0 Å². The van der Waals surface area contributed by atoms with Gasteiger partial charge in [-0.2, -0.15) is 0 Å². The highest BCUT2D eigenvalue weighted by Crippen LogP contribution is 2.11. The van der Waals surface area contributed by atoms with Crippen molar-refractivity contribution in [2.45, 2.75) is 65.2 Å². The van der Waals surface area contributed by atoms with Crippen molar-refractivity contribution in [1.82, 2.24) is 10.6 Å². The van der Waals surface area contributed by atoms with Gasteiger partial charge in [-0.25, -0.2) is 19.2 Å². The van der Waals surface area contributed by atoms with E-state index in [2.05, 4.69) is 39.9 Å². The Morgan fingerprint density at radius 3 is 1.41 bits per heavy atom. The quantitative estimate of drug-likeness (QED) is 0.141. The number of methoxy groups -OCH3 is 1. The molecule has 2 rings (SSSR count). The molecular formula is C29H42N4O6. The predicted molar refractivity (Wildman–Crippen MR) is 154 cm³/mol. The van der Waals surface area contributed by atoms with E-state index in [9.17, 15) is 19.2 Å². The zero-order chi connectivity index (χ0) is 28.9. The van der Waals surface area contributed by atoms with Crippen molar-refractivity contribution in [2.75, 3.05) is 30.8 Å². The first kappa shape index (κ1) is 32.9. The maximum absolute atomic E-state index is 11.6. The molecule has 0 atom stereocenters. The third-order valence-electron chi connectivity index (χ3n) is 5.59. The van der Waals surface area contributed by atoms with Crippen LogP contribution < -0.4 is 21.3 Å². The summed E-state index contributed by atoms with van der Waals surface area (Å²) in [5.74, 6) is -1.37. The van der Waals surface area contributed by atoms with E-state index >= 15 is 0 Å². The number of carboxylic acids is 1. The molecule has 0 aliphatic carbocycles. The van der Waals surface area contributed by atoms with Crippen LogP contribution in [-0.2, 0) is 4.74 Å². The molecule has 0 spiro atoms. The van der Waals surface area contributed by atoms with Gasteiger partial charge in [0.05, 0.1) is 18.2 Å². The molecule has 10 nitrogen and oxygen atoms in total. The number of rotatable bonds is 14. The summed E-state index contributed by atoms with van der Waals surface area (Å²) in [4.78, 5) is 45.0. The van der Waals surface area contributed by atoms with Crippen LogP contribution in [0.4, 0.5) is 21.0 Å². The lowest BCUT2D eigenvalue weighted by molar-refractivity contribution is 0.0599. The lowest BCUT2D eigenvalue weighted by Gasteiger charge is -2.08. The first-order chi connectivity index (χ1) is 18.8. The molecule has 0 aliphatic heterocycles. The highest BCUT2D eigenvalue weighted by molar-refractivity contribution is 5.92. The zero-order valence-corrected chi connectivity index (χ0v) is 23.2. The van der Waals surface area contributed by atoms with E-state index in [0.717, 1.165) is 25.7 Å². The van der Waals surface area contributed by atoms with Gasteiger partial charge in [0.1, 0.15) is 0 Å². The molecule has 0 aromatic heterocycles. The number of esters is 1. The summed E-state index contributed by atoms with van der Waals surface area (Å²) in [5, 5.41) is 19.7. The predicted octanol–water partition coefficient (Wildman–Crippen LogP) is 6.26. The normalized spacial score (nSPS) is 9.92. The monoisotopic (exact) mass is 542 g/mol. The van der Waals surface area contributed by atoms with Crippen LogP contribution in [0, 0.1) is 0 Å². The van der Waals surface area contributed by atoms with Crippen molar-refractivity contribution in [2.24, 2.45) is 0 Å². The number of amides is 4. The van der Waals surface area contributed by atoms with E-state index in [0.29, 0.717) is 30.0 Å². The smallest absolute Gasteiger partial charge is 0.337 e. The van der Waals surface area contributed by atoms with E-state index in [4.69, 9.17) is 5.11 Å². The molecule has 5 N–H and O–H groups in total. The summed E-state index contributed by atoms with van der Waals surface area (Å²) in [6, 6.07) is 12.1. The second-order valence-corrected chi connectivity index (χ2v) is 8.83. The molecule has 0 radical (unpaired) electrons. The number of benzene rings is 2. The molecule has 39 heavy (non-hydrogen) atoms. The van der Waals surface area contributed by atoms with Gasteiger partial charge in [0.2, 0.25) is 0 Å². The summed E-state index contributed by atoms with van der Waals surface area (Å²) >= 11 is 0. The van der Waals surface area contributed by atoms with E-state index in [1.54, 1.807) is 36.4 Å². The first-order valence-corrected chi connectivity index (χ1v) is 13.4. The van der Waals surface area contributed by atoms with Gasteiger partial charge in [0.25, 0.3) is 0 Å². The van der Waals surface area contributed by atoms with Crippen molar-refractivity contribution >= 4 is 35.4 Å². The van der Waals surface area contributed by atoms with Gasteiger partial charge in [-0.05, 0) is 61.4 Å². The van der Waals surface area contributed by atoms with Gasteiger partial charge < -0.3 is 31.1 Å². The highest BCUT2D eigenvalue weighted by atomic mass is 16.5. The Bertz CT molecular complexity index is 1010. The standard InChI is InChI=1S/C15H22N2O3.C14H20N2O3/c1-3-4-5-6-11-16-15(19)17-13-9-7-12(8-10-13)14(18)20-2;1-2-3-4-5-10-15-14(19)16-12-8-6-11(7-9-12)13(17)18/h7-10H,3-6,11H2,1-2H3,(H2,16,17,19);6-9H,2-5,10H2,1H3,(H,17,18)(H2,15,16,19). The summed E-state index contributed by atoms with van der Waals surface area (Å²) in [6.07, 6.45) is 8.93. The van der Waals surface area contributed by atoms with Gasteiger partial charge in [-0.1, -0.05) is 52.4 Å². The molecule has 0 bridgehead atoms. The molecule has 214 valence electrons. The fraction of sp³-hybridized carbons (Fsp3) is 0.448. The maximum Gasteiger partial charge on any atom is 0.337 e. The second kappa shape index (κ2) is 20.0. The van der Waals surface area contributed by atoms with Crippen LogP contribution >= 0.6 is 0 Å². The van der Waals surface area contributed by atoms with Crippen molar-refractivity contribution in [3.8, 4) is 0 Å². The number of nitrogens with one attached hydrogen (secondary N) is 4. The number of ether oxygens (including phenoxy) is 1. The lowest BCUT2D eigenvalue weighted by Crippen LogP contribution is -2.29. The number of carboxylic acid groups (broad SMARTS) is 1. The molecule has 0 unspecified atom stereocenters. The number of hydrogen-bond donors (Lipinski definition) is 5. The van der Waals surface area contributed by atoms with Crippen molar-refractivity contribution in [3.63, 3.8) is 0 Å². The van der Waals surface area contributed by atoms with E-state index in [-0.39, 0.29) is 17.6 Å². The number of aromatic carboxylic acids is 1. The number of urea groups is 2. The minimum Gasteiger partial charge on any atom is -0.478 e. The third-order valence-corrected chi connectivity index (χ3v) is 5.59. The first-order valence-electron chi connectivity index (χ1n) is 13.4. The van der Waals surface area contributed by atoms with Crippen LogP contribution in [0.3, 0.4) is 0 Å². The van der Waals surface area contributed by atoms with Gasteiger partial charge >= 0.3 is 24.0 Å². The zero-order valence-electron chi connectivity index (χ0n) is 23.2.